The van der Waals surface area contributed by atoms with Crippen molar-refractivity contribution in [2.75, 3.05) is 5.88 Å². The van der Waals surface area contributed by atoms with Crippen molar-refractivity contribution in [1.82, 2.24) is 15.5 Å². The Balaban J connectivity index is 2.01. The molecule has 17 heavy (non-hydrogen) atoms. The second-order valence-electron chi connectivity index (χ2n) is 3.58. The van der Waals surface area contributed by atoms with Crippen LogP contribution in [-0.4, -0.2) is 22.0 Å². The van der Waals surface area contributed by atoms with Gasteiger partial charge in [0.05, 0.1) is 5.69 Å². The van der Waals surface area contributed by atoms with Crippen molar-refractivity contribution in [3.05, 3.63) is 42.1 Å². The number of alkyl halides is 1. The molecule has 1 amide bonds. The average molecular weight is 250 g/mol. The first-order valence-electron chi connectivity index (χ1n) is 5.21. The molecule has 2 rings (SSSR count). The summed E-state index contributed by atoms with van der Waals surface area (Å²) in [6, 6.07) is 9.80. The molecule has 0 unspecified atom stereocenters. The highest BCUT2D eigenvalue weighted by molar-refractivity contribution is 6.27. The average Bonchev–Trinajstić information content (AvgIpc) is 2.90. The maximum absolute atomic E-state index is 11.0. The van der Waals surface area contributed by atoms with Crippen LogP contribution in [0.1, 0.15) is 5.56 Å². The zero-order chi connectivity index (χ0) is 12.1. The maximum atomic E-state index is 11.0. The highest BCUT2D eigenvalue weighted by Crippen LogP contribution is 2.16. The Bertz CT molecular complexity index is 479. The number of aromatic nitrogens is 2. The molecule has 1 heterocycles. The number of hydrogen-bond acceptors (Lipinski definition) is 2. The summed E-state index contributed by atoms with van der Waals surface area (Å²) in [7, 11) is 0. The number of rotatable bonds is 4. The summed E-state index contributed by atoms with van der Waals surface area (Å²) in [6.07, 6.45) is 1.71. The molecule has 0 radical (unpaired) electrons. The lowest BCUT2D eigenvalue weighted by Crippen LogP contribution is -2.23. The standard InChI is InChI=1S/C12H12ClN3O/c13-7-12(17)14-8-9-1-3-10(4-2-9)11-5-6-15-16-11/h1-6H,7-8H2,(H,14,17)(H,15,16). The summed E-state index contributed by atoms with van der Waals surface area (Å²) in [5.41, 5.74) is 3.07. The Morgan fingerprint density at radius 3 is 2.65 bits per heavy atom. The molecule has 0 aliphatic carbocycles. The summed E-state index contributed by atoms with van der Waals surface area (Å²) in [5.74, 6) is -0.170. The minimum Gasteiger partial charge on any atom is -0.351 e. The number of hydrogen-bond donors (Lipinski definition) is 2. The van der Waals surface area contributed by atoms with E-state index in [1.807, 2.05) is 30.3 Å². The smallest absolute Gasteiger partial charge is 0.235 e. The predicted molar refractivity (Wildman–Crippen MR) is 66.6 cm³/mol. The third kappa shape index (κ3) is 3.07. The van der Waals surface area contributed by atoms with Crippen LogP contribution in [0, 0.1) is 0 Å². The number of halogens is 1. The Morgan fingerprint density at radius 1 is 1.29 bits per heavy atom. The molecule has 0 aliphatic rings. The van der Waals surface area contributed by atoms with Gasteiger partial charge in [0.1, 0.15) is 5.88 Å². The molecule has 4 nitrogen and oxygen atoms in total. The van der Waals surface area contributed by atoms with Gasteiger partial charge in [0.15, 0.2) is 0 Å². The number of nitrogens with one attached hydrogen (secondary N) is 2. The third-order valence-electron chi connectivity index (χ3n) is 2.38. The number of carbonyl (C=O) groups is 1. The van der Waals surface area contributed by atoms with E-state index in [4.69, 9.17) is 11.6 Å². The van der Waals surface area contributed by atoms with E-state index in [2.05, 4.69) is 15.5 Å². The van der Waals surface area contributed by atoms with Crippen LogP contribution < -0.4 is 5.32 Å². The van der Waals surface area contributed by atoms with Crippen molar-refractivity contribution in [3.8, 4) is 11.3 Å². The molecule has 2 aromatic rings. The number of aromatic amines is 1. The minimum atomic E-state index is -0.163. The van der Waals surface area contributed by atoms with Crippen molar-refractivity contribution >= 4 is 17.5 Å². The topological polar surface area (TPSA) is 57.8 Å². The van der Waals surface area contributed by atoms with Gasteiger partial charge in [0, 0.05) is 12.7 Å². The second-order valence-corrected chi connectivity index (χ2v) is 3.84. The Hall–Kier alpha value is -1.81. The fourth-order valence-electron chi connectivity index (χ4n) is 1.47. The molecule has 88 valence electrons. The first kappa shape index (κ1) is 11.7. The molecule has 1 aromatic heterocycles. The summed E-state index contributed by atoms with van der Waals surface area (Å²) < 4.78 is 0. The lowest BCUT2D eigenvalue weighted by atomic mass is 10.1. The van der Waals surface area contributed by atoms with Crippen LogP contribution in [0.2, 0.25) is 0 Å². The first-order chi connectivity index (χ1) is 8.29. The summed E-state index contributed by atoms with van der Waals surface area (Å²) >= 11 is 5.39. The normalized spacial score (nSPS) is 10.2. The summed E-state index contributed by atoms with van der Waals surface area (Å²) in [6.45, 7) is 0.495. The quantitative estimate of drug-likeness (QED) is 0.814. The number of amides is 1. The molecule has 0 aliphatic heterocycles. The summed E-state index contributed by atoms with van der Waals surface area (Å²) in [5, 5.41) is 9.50. The van der Waals surface area contributed by atoms with Crippen LogP contribution in [-0.2, 0) is 11.3 Å². The van der Waals surface area contributed by atoms with E-state index in [9.17, 15) is 4.79 Å². The largest absolute Gasteiger partial charge is 0.351 e. The molecule has 0 atom stereocenters. The van der Waals surface area contributed by atoms with Gasteiger partial charge in [-0.3, -0.25) is 9.89 Å². The van der Waals surface area contributed by atoms with Gasteiger partial charge < -0.3 is 5.32 Å². The molecule has 5 heteroatoms. The van der Waals surface area contributed by atoms with E-state index in [-0.39, 0.29) is 11.8 Å². The van der Waals surface area contributed by atoms with Gasteiger partial charge in [0.2, 0.25) is 5.91 Å². The molecule has 0 saturated carbocycles. The lowest BCUT2D eigenvalue weighted by Gasteiger charge is -2.04. The number of benzene rings is 1. The van der Waals surface area contributed by atoms with E-state index in [0.717, 1.165) is 16.8 Å². The Morgan fingerprint density at radius 2 is 2.06 bits per heavy atom. The van der Waals surface area contributed by atoms with E-state index in [0.29, 0.717) is 6.54 Å². The number of carbonyl (C=O) groups excluding carboxylic acids is 1. The van der Waals surface area contributed by atoms with E-state index >= 15 is 0 Å². The predicted octanol–water partition coefficient (Wildman–Crippen LogP) is 1.93. The number of H-pyrrole nitrogens is 1. The van der Waals surface area contributed by atoms with Gasteiger partial charge in [-0.15, -0.1) is 11.6 Å². The van der Waals surface area contributed by atoms with Gasteiger partial charge >= 0.3 is 0 Å². The molecule has 0 saturated heterocycles. The molecular weight excluding hydrogens is 238 g/mol. The van der Waals surface area contributed by atoms with Crippen molar-refractivity contribution in [1.29, 1.82) is 0 Å². The van der Waals surface area contributed by atoms with E-state index in [1.54, 1.807) is 6.20 Å². The Kier molecular flexibility index (Phi) is 3.77. The van der Waals surface area contributed by atoms with E-state index in [1.165, 1.54) is 0 Å². The van der Waals surface area contributed by atoms with Crippen LogP contribution in [0.25, 0.3) is 11.3 Å². The monoisotopic (exact) mass is 249 g/mol. The van der Waals surface area contributed by atoms with Crippen molar-refractivity contribution in [3.63, 3.8) is 0 Å². The van der Waals surface area contributed by atoms with Gasteiger partial charge in [0.25, 0.3) is 0 Å². The van der Waals surface area contributed by atoms with E-state index < -0.39 is 0 Å². The fraction of sp³-hybridized carbons (Fsp3) is 0.167. The maximum Gasteiger partial charge on any atom is 0.235 e. The van der Waals surface area contributed by atoms with Crippen molar-refractivity contribution in [2.24, 2.45) is 0 Å². The van der Waals surface area contributed by atoms with Crippen LogP contribution >= 0.6 is 11.6 Å². The minimum absolute atomic E-state index is 0.00771. The molecule has 2 N–H and O–H groups in total. The lowest BCUT2D eigenvalue weighted by molar-refractivity contribution is -0.118. The molecule has 0 bridgehead atoms. The zero-order valence-electron chi connectivity index (χ0n) is 9.11. The van der Waals surface area contributed by atoms with Crippen molar-refractivity contribution in [2.45, 2.75) is 6.54 Å². The molecule has 1 aromatic carbocycles. The van der Waals surface area contributed by atoms with Crippen LogP contribution in [0.4, 0.5) is 0 Å². The zero-order valence-corrected chi connectivity index (χ0v) is 9.87. The fourth-order valence-corrected chi connectivity index (χ4v) is 1.56. The van der Waals surface area contributed by atoms with Crippen LogP contribution in [0.5, 0.6) is 0 Å². The highest BCUT2D eigenvalue weighted by atomic mass is 35.5. The number of nitrogens with zero attached hydrogens (tertiary/aromatic N) is 1. The summed E-state index contributed by atoms with van der Waals surface area (Å²) in [4.78, 5) is 11.0. The molecule has 0 spiro atoms. The SMILES string of the molecule is O=C(CCl)NCc1ccc(-c2ccn[nH]2)cc1. The molecular formula is C12H12ClN3O. The van der Waals surface area contributed by atoms with Crippen molar-refractivity contribution < 1.29 is 4.79 Å². The molecule has 0 fully saturated rings. The van der Waals surface area contributed by atoms with Gasteiger partial charge in [-0.25, -0.2) is 0 Å². The second kappa shape index (κ2) is 5.50. The van der Waals surface area contributed by atoms with Crippen LogP contribution in [0.3, 0.4) is 0 Å². The first-order valence-corrected chi connectivity index (χ1v) is 5.74. The third-order valence-corrected chi connectivity index (χ3v) is 2.62. The Labute approximate surface area is 104 Å². The highest BCUT2D eigenvalue weighted by Gasteiger charge is 2.00. The van der Waals surface area contributed by atoms with Crippen LogP contribution in [0.15, 0.2) is 36.5 Å². The van der Waals surface area contributed by atoms with Gasteiger partial charge in [-0.05, 0) is 17.2 Å². The van der Waals surface area contributed by atoms with Gasteiger partial charge in [-0.1, -0.05) is 24.3 Å². The van der Waals surface area contributed by atoms with Gasteiger partial charge in [-0.2, -0.15) is 5.10 Å².